The lowest BCUT2D eigenvalue weighted by molar-refractivity contribution is 0.459. The van der Waals surface area contributed by atoms with Gasteiger partial charge in [-0.1, -0.05) is 38.0 Å². The van der Waals surface area contributed by atoms with Crippen molar-refractivity contribution in [3.05, 3.63) is 29.3 Å². The molecule has 1 saturated heterocycles. The molecule has 1 fully saturated rings. The lowest BCUT2D eigenvalue weighted by Gasteiger charge is -2.27. The van der Waals surface area contributed by atoms with Crippen LogP contribution in [-0.2, 0) is 6.42 Å². The maximum atomic E-state index is 6.21. The van der Waals surface area contributed by atoms with Crippen molar-refractivity contribution in [2.45, 2.75) is 65.3 Å². The van der Waals surface area contributed by atoms with Gasteiger partial charge in [0, 0.05) is 24.8 Å². The first-order valence-electron chi connectivity index (χ1n) is 8.74. The van der Waals surface area contributed by atoms with Gasteiger partial charge < -0.3 is 10.6 Å². The van der Waals surface area contributed by atoms with E-state index in [1.54, 1.807) is 0 Å². The molecule has 2 unspecified atom stereocenters. The van der Waals surface area contributed by atoms with Crippen molar-refractivity contribution in [3.8, 4) is 0 Å². The van der Waals surface area contributed by atoms with E-state index in [2.05, 4.69) is 43.9 Å². The number of nitrogens with zero attached hydrogens (tertiary/aromatic N) is 1. The summed E-state index contributed by atoms with van der Waals surface area (Å²) in [5.41, 5.74) is 10.4. The molecule has 1 heterocycles. The second-order valence-electron chi connectivity index (χ2n) is 6.70. The van der Waals surface area contributed by atoms with Crippen LogP contribution in [0.1, 0.15) is 57.1 Å². The van der Waals surface area contributed by atoms with Gasteiger partial charge in [-0.2, -0.15) is 0 Å². The zero-order valence-corrected chi connectivity index (χ0v) is 14.1. The normalized spacial score (nSPS) is 21.1. The molecule has 0 spiro atoms. The van der Waals surface area contributed by atoms with Crippen LogP contribution in [0.15, 0.2) is 18.2 Å². The molecule has 2 atom stereocenters. The molecule has 2 rings (SSSR count). The highest BCUT2D eigenvalue weighted by Crippen LogP contribution is 2.28. The Morgan fingerprint density at radius 1 is 1.24 bits per heavy atom. The zero-order valence-electron chi connectivity index (χ0n) is 14.1. The minimum absolute atomic E-state index is 0.279. The summed E-state index contributed by atoms with van der Waals surface area (Å²) in [6.07, 6.45) is 7.43. The first-order chi connectivity index (χ1) is 10.1. The Hall–Kier alpha value is -1.02. The lowest BCUT2D eigenvalue weighted by Crippen LogP contribution is -2.28. The van der Waals surface area contributed by atoms with Crippen LogP contribution in [0, 0.1) is 12.8 Å². The fraction of sp³-hybridized carbons (Fsp3) is 0.684. The van der Waals surface area contributed by atoms with Crippen molar-refractivity contribution in [1.82, 2.24) is 0 Å². The molecule has 0 aliphatic carbocycles. The second-order valence-corrected chi connectivity index (χ2v) is 6.70. The summed E-state index contributed by atoms with van der Waals surface area (Å²) in [4.78, 5) is 2.60. The number of hydrogen-bond donors (Lipinski definition) is 1. The van der Waals surface area contributed by atoms with Crippen molar-refractivity contribution >= 4 is 5.69 Å². The molecule has 0 amide bonds. The van der Waals surface area contributed by atoms with E-state index in [-0.39, 0.29) is 6.04 Å². The molecule has 21 heavy (non-hydrogen) atoms. The van der Waals surface area contributed by atoms with E-state index in [9.17, 15) is 0 Å². The first kappa shape index (κ1) is 16.4. The van der Waals surface area contributed by atoms with E-state index in [1.165, 1.54) is 55.6 Å². The first-order valence-corrected chi connectivity index (χ1v) is 8.74. The Morgan fingerprint density at radius 3 is 2.76 bits per heavy atom. The third-order valence-electron chi connectivity index (χ3n) is 5.01. The van der Waals surface area contributed by atoms with Crippen molar-refractivity contribution in [2.75, 3.05) is 18.0 Å². The molecule has 2 nitrogen and oxygen atoms in total. The molecule has 0 radical (unpaired) electrons. The Kier molecular flexibility index (Phi) is 6.10. The van der Waals surface area contributed by atoms with Crippen LogP contribution >= 0.6 is 0 Å². The van der Waals surface area contributed by atoms with Crippen molar-refractivity contribution < 1.29 is 0 Å². The Bertz CT molecular complexity index is 441. The van der Waals surface area contributed by atoms with Gasteiger partial charge in [-0.15, -0.1) is 0 Å². The SMILES string of the molecule is CCC(N)Cc1cc(C)ccc1N1CCCC(CC)CC1. The quantitative estimate of drug-likeness (QED) is 0.875. The predicted octanol–water partition coefficient (Wildman–Crippen LogP) is 4.29. The zero-order chi connectivity index (χ0) is 15.2. The van der Waals surface area contributed by atoms with Gasteiger partial charge >= 0.3 is 0 Å². The molecule has 0 bridgehead atoms. The lowest BCUT2D eigenvalue weighted by atomic mass is 9.98. The number of hydrogen-bond acceptors (Lipinski definition) is 2. The van der Waals surface area contributed by atoms with E-state index in [1.807, 2.05) is 0 Å². The van der Waals surface area contributed by atoms with Gasteiger partial charge in [0.25, 0.3) is 0 Å². The summed E-state index contributed by atoms with van der Waals surface area (Å²) in [7, 11) is 0. The topological polar surface area (TPSA) is 29.3 Å². The third-order valence-corrected chi connectivity index (χ3v) is 5.01. The van der Waals surface area contributed by atoms with Gasteiger partial charge in [0.2, 0.25) is 0 Å². The van der Waals surface area contributed by atoms with Gasteiger partial charge in [0.05, 0.1) is 0 Å². The number of anilines is 1. The predicted molar refractivity (Wildman–Crippen MR) is 93.0 cm³/mol. The van der Waals surface area contributed by atoms with Crippen molar-refractivity contribution in [1.29, 1.82) is 0 Å². The highest BCUT2D eigenvalue weighted by Gasteiger charge is 2.18. The van der Waals surface area contributed by atoms with Crippen LogP contribution in [0.5, 0.6) is 0 Å². The van der Waals surface area contributed by atoms with Gasteiger partial charge in [0.1, 0.15) is 0 Å². The molecule has 118 valence electrons. The van der Waals surface area contributed by atoms with E-state index in [0.717, 1.165) is 18.8 Å². The monoisotopic (exact) mass is 288 g/mol. The number of aryl methyl sites for hydroxylation is 1. The average Bonchev–Trinajstić information content (AvgIpc) is 2.72. The standard InChI is InChI=1S/C19H32N2/c1-4-16-7-6-11-21(12-10-16)19-9-8-15(3)13-17(19)14-18(20)5-2/h8-9,13,16,18H,4-7,10-12,14,20H2,1-3H3. The molecule has 1 aliphatic rings. The smallest absolute Gasteiger partial charge is 0.0399 e. The fourth-order valence-electron chi connectivity index (χ4n) is 3.43. The molecule has 0 aromatic heterocycles. The molecule has 1 aromatic carbocycles. The van der Waals surface area contributed by atoms with E-state index in [4.69, 9.17) is 5.73 Å². The number of rotatable bonds is 5. The molecule has 1 aromatic rings. The Balaban J connectivity index is 2.17. The maximum Gasteiger partial charge on any atom is 0.0399 e. The van der Waals surface area contributed by atoms with E-state index in [0.29, 0.717) is 0 Å². The van der Waals surface area contributed by atoms with Crippen LogP contribution in [0.2, 0.25) is 0 Å². The summed E-state index contributed by atoms with van der Waals surface area (Å²) in [5, 5.41) is 0. The Morgan fingerprint density at radius 2 is 2.05 bits per heavy atom. The largest absolute Gasteiger partial charge is 0.371 e. The van der Waals surface area contributed by atoms with E-state index < -0.39 is 0 Å². The molecule has 2 heteroatoms. The van der Waals surface area contributed by atoms with Crippen molar-refractivity contribution in [3.63, 3.8) is 0 Å². The van der Waals surface area contributed by atoms with Gasteiger partial charge in [-0.25, -0.2) is 0 Å². The van der Waals surface area contributed by atoms with Crippen LogP contribution in [0.4, 0.5) is 5.69 Å². The molecule has 0 saturated carbocycles. The van der Waals surface area contributed by atoms with Crippen LogP contribution in [0.3, 0.4) is 0 Å². The fourth-order valence-corrected chi connectivity index (χ4v) is 3.43. The molecular weight excluding hydrogens is 256 g/mol. The van der Waals surface area contributed by atoms with Gasteiger partial charge in [-0.3, -0.25) is 0 Å². The van der Waals surface area contributed by atoms with Gasteiger partial charge in [-0.05, 0) is 56.6 Å². The summed E-state index contributed by atoms with van der Waals surface area (Å²) >= 11 is 0. The van der Waals surface area contributed by atoms with Crippen LogP contribution in [-0.4, -0.2) is 19.1 Å². The number of benzene rings is 1. The number of nitrogens with two attached hydrogens (primary N) is 1. The Labute approximate surface area is 130 Å². The van der Waals surface area contributed by atoms with Crippen molar-refractivity contribution in [2.24, 2.45) is 11.7 Å². The molecule has 2 N–H and O–H groups in total. The average molecular weight is 288 g/mol. The highest BCUT2D eigenvalue weighted by molar-refractivity contribution is 5.55. The van der Waals surface area contributed by atoms with Crippen LogP contribution in [0.25, 0.3) is 0 Å². The maximum absolute atomic E-state index is 6.21. The summed E-state index contributed by atoms with van der Waals surface area (Å²) < 4.78 is 0. The summed E-state index contributed by atoms with van der Waals surface area (Å²) in [5.74, 6) is 0.918. The minimum Gasteiger partial charge on any atom is -0.371 e. The van der Waals surface area contributed by atoms with Crippen LogP contribution < -0.4 is 10.6 Å². The van der Waals surface area contributed by atoms with E-state index >= 15 is 0 Å². The highest BCUT2D eigenvalue weighted by atomic mass is 15.1. The summed E-state index contributed by atoms with van der Waals surface area (Å²) in [6.45, 7) is 9.10. The summed E-state index contributed by atoms with van der Waals surface area (Å²) in [6, 6.07) is 7.19. The van der Waals surface area contributed by atoms with Gasteiger partial charge in [0.15, 0.2) is 0 Å². The minimum atomic E-state index is 0.279. The third kappa shape index (κ3) is 4.47. The molecular formula is C19H32N2. The second kappa shape index (κ2) is 7.84. The molecule has 1 aliphatic heterocycles.